The predicted molar refractivity (Wildman–Crippen MR) is 118 cm³/mol. The van der Waals surface area contributed by atoms with Gasteiger partial charge >= 0.3 is 5.69 Å². The summed E-state index contributed by atoms with van der Waals surface area (Å²) in [5, 5.41) is 0. The highest BCUT2D eigenvalue weighted by molar-refractivity contribution is 5.96. The number of hydrogen-bond donors (Lipinski definition) is 3. The number of ether oxygens (including phenoxy) is 1. The zero-order valence-electron chi connectivity index (χ0n) is 18.0. The highest BCUT2D eigenvalue weighted by Gasteiger charge is 2.25. The Morgan fingerprint density at radius 1 is 1.26 bits per heavy atom. The highest BCUT2D eigenvalue weighted by atomic mass is 16.5. The standard InChI is InChI=1S/C21H29N5O5/c1-4-5-9-25-18(22)17(20(29)24-21(25)30)26(11-13(2)3)16(27)12-31-15-8-6-7-14(10-15)19(23)28/h6-8,10,13H,4-5,9,11-12,22H2,1-3H3,(H2,23,28)(H,24,29,30). The van der Waals surface area contributed by atoms with Crippen LogP contribution in [0.15, 0.2) is 33.9 Å². The monoisotopic (exact) mass is 431 g/mol. The molecule has 0 spiro atoms. The molecule has 1 heterocycles. The fraction of sp³-hybridized carbons (Fsp3) is 0.429. The van der Waals surface area contributed by atoms with Gasteiger partial charge in [0.1, 0.15) is 11.6 Å². The van der Waals surface area contributed by atoms with E-state index in [4.69, 9.17) is 16.2 Å². The quantitative estimate of drug-likeness (QED) is 0.512. The number of hydrogen-bond acceptors (Lipinski definition) is 6. The fourth-order valence-corrected chi connectivity index (χ4v) is 3.02. The Kier molecular flexibility index (Phi) is 8.00. The Morgan fingerprint density at radius 2 is 1.97 bits per heavy atom. The number of rotatable bonds is 10. The lowest BCUT2D eigenvalue weighted by Gasteiger charge is -2.26. The molecule has 31 heavy (non-hydrogen) atoms. The molecule has 0 aliphatic carbocycles. The minimum Gasteiger partial charge on any atom is -0.484 e. The molecule has 0 atom stereocenters. The first-order chi connectivity index (χ1) is 14.6. The van der Waals surface area contributed by atoms with Gasteiger partial charge in [-0.3, -0.25) is 23.9 Å². The molecule has 168 valence electrons. The van der Waals surface area contributed by atoms with Gasteiger partial charge in [0, 0.05) is 18.7 Å². The number of aromatic amines is 1. The minimum atomic E-state index is -0.736. The average molecular weight is 431 g/mol. The summed E-state index contributed by atoms with van der Waals surface area (Å²) in [5.41, 5.74) is 10.2. The highest BCUT2D eigenvalue weighted by Crippen LogP contribution is 2.20. The summed E-state index contributed by atoms with van der Waals surface area (Å²) < 4.78 is 6.78. The number of amides is 2. The number of nitrogens with zero attached hydrogens (tertiary/aromatic N) is 2. The lowest BCUT2D eigenvalue weighted by atomic mass is 10.2. The molecule has 2 aromatic rings. The molecule has 0 radical (unpaired) electrons. The van der Waals surface area contributed by atoms with E-state index in [0.717, 1.165) is 6.42 Å². The first kappa shape index (κ1) is 23.7. The minimum absolute atomic E-state index is 0.0111. The molecule has 1 aromatic heterocycles. The number of carbonyl (C=O) groups excluding carboxylic acids is 2. The van der Waals surface area contributed by atoms with Crippen molar-refractivity contribution in [1.82, 2.24) is 9.55 Å². The third-order valence-corrected chi connectivity index (χ3v) is 4.55. The molecular weight excluding hydrogens is 402 g/mol. The Balaban J connectivity index is 2.36. The van der Waals surface area contributed by atoms with Gasteiger partial charge in [-0.1, -0.05) is 33.3 Å². The van der Waals surface area contributed by atoms with E-state index in [9.17, 15) is 19.2 Å². The summed E-state index contributed by atoms with van der Waals surface area (Å²) in [5.74, 6) is -0.907. The molecule has 1 aromatic carbocycles. The normalized spacial score (nSPS) is 10.8. The topological polar surface area (TPSA) is 154 Å². The number of anilines is 2. The Labute approximate surface area is 179 Å². The number of unbranched alkanes of at least 4 members (excludes halogenated alkanes) is 1. The number of benzene rings is 1. The summed E-state index contributed by atoms with van der Waals surface area (Å²) >= 11 is 0. The summed E-state index contributed by atoms with van der Waals surface area (Å²) in [7, 11) is 0. The van der Waals surface area contributed by atoms with Crippen molar-refractivity contribution >= 4 is 23.3 Å². The van der Waals surface area contributed by atoms with Crippen LogP contribution in [0.1, 0.15) is 44.0 Å². The van der Waals surface area contributed by atoms with Crippen molar-refractivity contribution in [3.63, 3.8) is 0 Å². The van der Waals surface area contributed by atoms with Crippen LogP contribution in [-0.2, 0) is 11.3 Å². The van der Waals surface area contributed by atoms with E-state index in [1.165, 1.54) is 21.6 Å². The largest absolute Gasteiger partial charge is 0.484 e. The van der Waals surface area contributed by atoms with Crippen LogP contribution in [0.3, 0.4) is 0 Å². The van der Waals surface area contributed by atoms with Crippen molar-refractivity contribution in [2.24, 2.45) is 11.7 Å². The van der Waals surface area contributed by atoms with Crippen molar-refractivity contribution < 1.29 is 14.3 Å². The van der Waals surface area contributed by atoms with E-state index in [1.807, 2.05) is 20.8 Å². The Morgan fingerprint density at radius 3 is 2.58 bits per heavy atom. The van der Waals surface area contributed by atoms with Crippen LogP contribution in [0.25, 0.3) is 0 Å². The molecular formula is C21H29N5O5. The van der Waals surface area contributed by atoms with Crippen LogP contribution in [0.2, 0.25) is 0 Å². The number of carbonyl (C=O) groups is 2. The van der Waals surface area contributed by atoms with Crippen molar-refractivity contribution in [2.75, 3.05) is 23.8 Å². The second-order valence-electron chi connectivity index (χ2n) is 7.58. The van der Waals surface area contributed by atoms with Crippen molar-refractivity contribution in [3.05, 3.63) is 50.7 Å². The Hall–Kier alpha value is -3.56. The van der Waals surface area contributed by atoms with Gasteiger partial charge in [0.2, 0.25) is 5.91 Å². The molecule has 0 fully saturated rings. The maximum Gasteiger partial charge on any atom is 0.330 e. The van der Waals surface area contributed by atoms with E-state index in [1.54, 1.807) is 12.1 Å². The van der Waals surface area contributed by atoms with Gasteiger partial charge in [-0.15, -0.1) is 0 Å². The third kappa shape index (κ3) is 5.97. The van der Waals surface area contributed by atoms with E-state index in [0.29, 0.717) is 13.0 Å². The molecule has 5 N–H and O–H groups in total. The number of nitrogens with one attached hydrogen (secondary N) is 1. The van der Waals surface area contributed by atoms with Gasteiger partial charge in [-0.05, 0) is 30.5 Å². The first-order valence-electron chi connectivity index (χ1n) is 10.1. The van der Waals surface area contributed by atoms with E-state index in [2.05, 4.69) is 4.98 Å². The molecule has 2 amide bonds. The summed E-state index contributed by atoms with van der Waals surface area (Å²) in [6.45, 7) is 5.85. The molecule has 0 saturated carbocycles. The van der Waals surface area contributed by atoms with Gasteiger partial charge in [0.15, 0.2) is 12.3 Å². The van der Waals surface area contributed by atoms with Gasteiger partial charge in [0.05, 0.1) is 0 Å². The average Bonchev–Trinajstić information content (AvgIpc) is 2.70. The second kappa shape index (κ2) is 10.5. The van der Waals surface area contributed by atoms with Crippen molar-refractivity contribution in [3.8, 4) is 5.75 Å². The van der Waals surface area contributed by atoms with E-state index in [-0.39, 0.29) is 35.3 Å². The number of nitrogens with two attached hydrogens (primary N) is 2. The molecule has 10 nitrogen and oxygen atoms in total. The van der Waals surface area contributed by atoms with Gasteiger partial charge in [-0.2, -0.15) is 0 Å². The number of nitrogen functional groups attached to an aromatic ring is 1. The van der Waals surface area contributed by atoms with Crippen LogP contribution < -0.4 is 32.4 Å². The van der Waals surface area contributed by atoms with E-state index < -0.39 is 29.7 Å². The van der Waals surface area contributed by atoms with Crippen LogP contribution in [0.4, 0.5) is 11.5 Å². The van der Waals surface area contributed by atoms with Gasteiger partial charge in [-0.25, -0.2) is 4.79 Å². The molecule has 0 bridgehead atoms. The smallest absolute Gasteiger partial charge is 0.330 e. The number of H-pyrrole nitrogens is 1. The van der Waals surface area contributed by atoms with Crippen LogP contribution >= 0.6 is 0 Å². The molecule has 2 rings (SSSR count). The van der Waals surface area contributed by atoms with Crippen molar-refractivity contribution in [1.29, 1.82) is 0 Å². The second-order valence-corrected chi connectivity index (χ2v) is 7.58. The maximum absolute atomic E-state index is 13.0. The van der Waals surface area contributed by atoms with E-state index >= 15 is 0 Å². The zero-order chi connectivity index (χ0) is 23.1. The van der Waals surface area contributed by atoms with Crippen molar-refractivity contribution in [2.45, 2.75) is 40.2 Å². The summed E-state index contributed by atoms with van der Waals surface area (Å²) in [6, 6.07) is 6.12. The fourth-order valence-electron chi connectivity index (χ4n) is 3.02. The lowest BCUT2D eigenvalue weighted by molar-refractivity contribution is -0.120. The maximum atomic E-state index is 13.0. The van der Waals surface area contributed by atoms with Crippen LogP contribution in [0.5, 0.6) is 5.75 Å². The summed E-state index contributed by atoms with van der Waals surface area (Å²) in [4.78, 5) is 52.6. The molecule has 0 saturated heterocycles. The number of aromatic nitrogens is 2. The molecule has 10 heteroatoms. The zero-order valence-corrected chi connectivity index (χ0v) is 18.0. The SMILES string of the molecule is CCCCn1c(N)c(N(CC(C)C)C(=O)COc2cccc(C(N)=O)c2)c(=O)[nH]c1=O. The van der Waals surface area contributed by atoms with Gasteiger partial charge in [0.25, 0.3) is 11.5 Å². The predicted octanol–water partition coefficient (Wildman–Crippen LogP) is 1.09. The molecule has 0 aliphatic heterocycles. The van der Waals surface area contributed by atoms with Crippen LogP contribution in [0, 0.1) is 5.92 Å². The van der Waals surface area contributed by atoms with Crippen LogP contribution in [-0.4, -0.2) is 34.5 Å². The lowest BCUT2D eigenvalue weighted by Crippen LogP contribution is -2.44. The number of primary amides is 1. The summed E-state index contributed by atoms with van der Waals surface area (Å²) in [6.07, 6.45) is 1.51. The molecule has 0 aliphatic rings. The third-order valence-electron chi connectivity index (χ3n) is 4.55. The molecule has 0 unspecified atom stereocenters. The first-order valence-corrected chi connectivity index (χ1v) is 10.1. The Bertz CT molecular complexity index is 1060. The van der Waals surface area contributed by atoms with Gasteiger partial charge < -0.3 is 21.1 Å².